The van der Waals surface area contributed by atoms with Gasteiger partial charge in [-0.2, -0.15) is 0 Å². The number of rotatable bonds is 8. The van der Waals surface area contributed by atoms with Crippen LogP contribution in [-0.2, 0) is 4.79 Å². The molecule has 0 saturated heterocycles. The Morgan fingerprint density at radius 1 is 1.12 bits per heavy atom. The molecule has 1 aromatic carbocycles. The van der Waals surface area contributed by atoms with Gasteiger partial charge < -0.3 is 15.0 Å². The number of thiophene rings is 1. The maximum absolute atomic E-state index is 12.5. The van der Waals surface area contributed by atoms with Crippen LogP contribution in [-0.4, -0.2) is 43.0 Å². The summed E-state index contributed by atoms with van der Waals surface area (Å²) in [7, 11) is 0. The normalized spacial score (nSPS) is 10.4. The molecule has 0 aliphatic heterocycles. The average molecular weight is 360 g/mol. The summed E-state index contributed by atoms with van der Waals surface area (Å²) in [5.41, 5.74) is 1.03. The van der Waals surface area contributed by atoms with Gasteiger partial charge >= 0.3 is 0 Å². The third kappa shape index (κ3) is 4.82. The number of hydrogen-bond donors (Lipinski definition) is 1. The molecule has 134 valence electrons. The Morgan fingerprint density at radius 2 is 1.80 bits per heavy atom. The van der Waals surface area contributed by atoms with Gasteiger partial charge in [-0.25, -0.2) is 0 Å². The molecule has 2 rings (SSSR count). The van der Waals surface area contributed by atoms with E-state index in [0.29, 0.717) is 30.3 Å². The third-order valence-corrected chi connectivity index (χ3v) is 4.94. The molecule has 1 heterocycles. The molecule has 0 aliphatic carbocycles. The highest BCUT2D eigenvalue weighted by molar-refractivity contribution is 7.17. The topological polar surface area (TPSA) is 58.6 Å². The summed E-state index contributed by atoms with van der Waals surface area (Å²) in [6.45, 7) is 7.45. The standard InChI is InChI=1S/C19H24N2O3S/c1-4-21(5-2)17(22)13-20-19(23)18-15(24-6-3)12-16(25-18)14-10-8-7-9-11-14/h7-12H,4-6,13H2,1-3H3,(H,20,23). The van der Waals surface area contributed by atoms with Crippen molar-refractivity contribution in [3.63, 3.8) is 0 Å². The molecule has 1 aromatic heterocycles. The monoisotopic (exact) mass is 360 g/mol. The molecule has 2 aromatic rings. The fraction of sp³-hybridized carbons (Fsp3) is 0.368. The van der Waals surface area contributed by atoms with E-state index in [0.717, 1.165) is 10.4 Å². The minimum Gasteiger partial charge on any atom is -0.492 e. The van der Waals surface area contributed by atoms with Crippen LogP contribution >= 0.6 is 11.3 Å². The maximum atomic E-state index is 12.5. The molecular weight excluding hydrogens is 336 g/mol. The van der Waals surface area contributed by atoms with E-state index in [9.17, 15) is 9.59 Å². The van der Waals surface area contributed by atoms with Crippen molar-refractivity contribution < 1.29 is 14.3 Å². The number of carbonyl (C=O) groups is 2. The fourth-order valence-electron chi connectivity index (χ4n) is 2.46. The summed E-state index contributed by atoms with van der Waals surface area (Å²) in [5.74, 6) is 0.187. The molecule has 2 amide bonds. The first-order valence-corrected chi connectivity index (χ1v) is 9.30. The Bertz CT molecular complexity index is 709. The van der Waals surface area contributed by atoms with Gasteiger partial charge in [0, 0.05) is 18.0 Å². The summed E-state index contributed by atoms with van der Waals surface area (Å²) in [4.78, 5) is 27.7. The van der Waals surface area contributed by atoms with Crippen LogP contribution in [0.25, 0.3) is 10.4 Å². The van der Waals surface area contributed by atoms with Crippen LogP contribution in [0, 0.1) is 0 Å². The number of ether oxygens (including phenoxy) is 1. The second kappa shape index (κ2) is 9.22. The molecule has 0 aliphatic rings. The highest BCUT2D eigenvalue weighted by Gasteiger charge is 2.19. The highest BCUT2D eigenvalue weighted by atomic mass is 32.1. The first-order chi connectivity index (χ1) is 12.1. The van der Waals surface area contributed by atoms with Crippen LogP contribution in [0.3, 0.4) is 0 Å². The number of carbonyl (C=O) groups excluding carboxylic acids is 2. The summed E-state index contributed by atoms with van der Waals surface area (Å²) < 4.78 is 5.61. The number of likely N-dealkylation sites (N-methyl/N-ethyl adjacent to an activating group) is 1. The van der Waals surface area contributed by atoms with Crippen molar-refractivity contribution >= 4 is 23.2 Å². The van der Waals surface area contributed by atoms with Gasteiger partial charge in [0.05, 0.1) is 13.2 Å². The predicted octanol–water partition coefficient (Wildman–Crippen LogP) is 3.41. The van der Waals surface area contributed by atoms with Crippen molar-refractivity contribution in [2.45, 2.75) is 20.8 Å². The quantitative estimate of drug-likeness (QED) is 0.785. The van der Waals surface area contributed by atoms with Crippen molar-refractivity contribution in [2.24, 2.45) is 0 Å². The number of nitrogens with one attached hydrogen (secondary N) is 1. The van der Waals surface area contributed by atoms with Crippen molar-refractivity contribution in [2.75, 3.05) is 26.2 Å². The third-order valence-electron chi connectivity index (χ3n) is 3.78. The Kier molecular flexibility index (Phi) is 7.01. The molecule has 0 saturated carbocycles. The second-order valence-corrected chi connectivity index (χ2v) is 6.40. The Hall–Kier alpha value is -2.34. The van der Waals surface area contributed by atoms with E-state index in [1.807, 2.05) is 57.2 Å². The van der Waals surface area contributed by atoms with Gasteiger partial charge in [0.1, 0.15) is 10.6 Å². The van der Waals surface area contributed by atoms with Crippen LogP contribution in [0.2, 0.25) is 0 Å². The summed E-state index contributed by atoms with van der Waals surface area (Å²) in [5, 5.41) is 2.71. The largest absolute Gasteiger partial charge is 0.492 e. The summed E-state index contributed by atoms with van der Waals surface area (Å²) in [6, 6.07) is 11.7. The number of amides is 2. The Labute approximate surface area is 152 Å². The van der Waals surface area contributed by atoms with Crippen LogP contribution in [0.5, 0.6) is 5.75 Å². The zero-order chi connectivity index (χ0) is 18.2. The van der Waals surface area contributed by atoms with Crippen molar-refractivity contribution in [1.29, 1.82) is 0 Å². The SMILES string of the molecule is CCOc1cc(-c2ccccc2)sc1C(=O)NCC(=O)N(CC)CC. The van der Waals surface area contributed by atoms with Crippen molar-refractivity contribution in [1.82, 2.24) is 10.2 Å². The highest BCUT2D eigenvalue weighted by Crippen LogP contribution is 2.36. The van der Waals surface area contributed by atoms with Gasteiger partial charge in [-0.15, -0.1) is 11.3 Å². The van der Waals surface area contributed by atoms with Gasteiger partial charge in [-0.1, -0.05) is 30.3 Å². The summed E-state index contributed by atoms with van der Waals surface area (Å²) in [6.07, 6.45) is 0. The lowest BCUT2D eigenvalue weighted by Gasteiger charge is -2.18. The lowest BCUT2D eigenvalue weighted by molar-refractivity contribution is -0.129. The predicted molar refractivity (Wildman–Crippen MR) is 101 cm³/mol. The van der Waals surface area contributed by atoms with E-state index in [-0.39, 0.29) is 18.4 Å². The number of nitrogens with zero attached hydrogens (tertiary/aromatic N) is 1. The lowest BCUT2D eigenvalue weighted by atomic mass is 10.2. The van der Waals surface area contributed by atoms with Crippen molar-refractivity contribution in [3.8, 4) is 16.2 Å². The number of hydrogen-bond acceptors (Lipinski definition) is 4. The minimum atomic E-state index is -0.281. The molecule has 1 N–H and O–H groups in total. The molecule has 0 spiro atoms. The van der Waals surface area contributed by atoms with Crippen LogP contribution in [0.15, 0.2) is 36.4 Å². The van der Waals surface area contributed by atoms with Crippen molar-refractivity contribution in [3.05, 3.63) is 41.3 Å². The van der Waals surface area contributed by atoms with E-state index in [4.69, 9.17) is 4.74 Å². The minimum absolute atomic E-state index is 0.00928. The first kappa shape index (κ1) is 19.0. The molecule has 6 heteroatoms. The molecule has 0 bridgehead atoms. The molecule has 0 fully saturated rings. The van der Waals surface area contributed by atoms with E-state index in [1.165, 1.54) is 11.3 Å². The second-order valence-electron chi connectivity index (χ2n) is 5.35. The molecule has 0 radical (unpaired) electrons. The van der Waals surface area contributed by atoms with Crippen LogP contribution in [0.4, 0.5) is 0 Å². The van der Waals surface area contributed by atoms with E-state index < -0.39 is 0 Å². The maximum Gasteiger partial charge on any atom is 0.265 e. The van der Waals surface area contributed by atoms with Gasteiger partial charge in [-0.3, -0.25) is 9.59 Å². The van der Waals surface area contributed by atoms with E-state index in [2.05, 4.69) is 5.32 Å². The van der Waals surface area contributed by atoms with Gasteiger partial charge in [0.2, 0.25) is 5.91 Å². The Morgan fingerprint density at radius 3 is 2.40 bits per heavy atom. The number of benzene rings is 1. The zero-order valence-electron chi connectivity index (χ0n) is 14.9. The van der Waals surface area contributed by atoms with Gasteiger partial charge in [0.25, 0.3) is 5.91 Å². The molecular formula is C19H24N2O3S. The molecule has 0 unspecified atom stereocenters. The lowest BCUT2D eigenvalue weighted by Crippen LogP contribution is -2.39. The average Bonchev–Trinajstić information content (AvgIpc) is 3.06. The van der Waals surface area contributed by atoms with Crippen LogP contribution < -0.4 is 10.1 Å². The first-order valence-electron chi connectivity index (χ1n) is 8.48. The smallest absolute Gasteiger partial charge is 0.265 e. The van der Waals surface area contributed by atoms with Crippen LogP contribution in [0.1, 0.15) is 30.4 Å². The van der Waals surface area contributed by atoms with Gasteiger partial charge in [0.15, 0.2) is 0 Å². The molecule has 0 atom stereocenters. The van der Waals surface area contributed by atoms with E-state index in [1.54, 1.807) is 4.90 Å². The summed E-state index contributed by atoms with van der Waals surface area (Å²) >= 11 is 1.37. The Balaban J connectivity index is 2.15. The fourth-order valence-corrected chi connectivity index (χ4v) is 3.49. The zero-order valence-corrected chi connectivity index (χ0v) is 15.7. The molecule has 5 nitrogen and oxygen atoms in total. The van der Waals surface area contributed by atoms with Gasteiger partial charge in [-0.05, 0) is 32.4 Å². The molecule has 25 heavy (non-hydrogen) atoms. The van der Waals surface area contributed by atoms with E-state index >= 15 is 0 Å².